The molecular formula is C20H21NO5S2. The summed E-state index contributed by atoms with van der Waals surface area (Å²) in [7, 11) is -3.17. The normalized spacial score (nSPS) is 17.8. The maximum Gasteiger partial charge on any atom is 0.338 e. The topological polar surface area (TPSA) is 80.8 Å². The van der Waals surface area contributed by atoms with Gasteiger partial charge in [0.1, 0.15) is 0 Å². The molecule has 1 fully saturated rings. The number of esters is 1. The summed E-state index contributed by atoms with van der Waals surface area (Å²) in [5.41, 5.74) is 0.954. The Labute approximate surface area is 168 Å². The van der Waals surface area contributed by atoms with Gasteiger partial charge in [0.25, 0.3) is 5.91 Å². The first-order valence-corrected chi connectivity index (χ1v) is 11.8. The van der Waals surface area contributed by atoms with Gasteiger partial charge in [0.15, 0.2) is 16.4 Å². The zero-order chi connectivity index (χ0) is 20.1. The average Bonchev–Trinajstić information content (AvgIpc) is 3.06. The molecule has 0 aromatic heterocycles. The minimum absolute atomic E-state index is 0.0514. The first kappa shape index (κ1) is 20.4. The predicted molar refractivity (Wildman–Crippen MR) is 109 cm³/mol. The largest absolute Gasteiger partial charge is 0.452 e. The molecule has 6 nitrogen and oxygen atoms in total. The van der Waals surface area contributed by atoms with Crippen LogP contribution in [0.2, 0.25) is 0 Å². The fourth-order valence-electron chi connectivity index (χ4n) is 3.13. The highest BCUT2D eigenvalue weighted by atomic mass is 32.2. The molecule has 8 heteroatoms. The molecular weight excluding hydrogens is 398 g/mol. The molecule has 0 saturated carbocycles. The van der Waals surface area contributed by atoms with Crippen LogP contribution in [0.5, 0.6) is 0 Å². The second-order valence-electron chi connectivity index (χ2n) is 6.46. The number of thioether (sulfide) groups is 1. The van der Waals surface area contributed by atoms with Gasteiger partial charge < -0.3 is 9.64 Å². The molecule has 0 aliphatic carbocycles. The minimum Gasteiger partial charge on any atom is -0.452 e. The molecule has 1 atom stereocenters. The molecule has 2 aromatic rings. The molecule has 1 saturated heterocycles. The van der Waals surface area contributed by atoms with Gasteiger partial charge in [0.05, 0.1) is 23.1 Å². The summed E-state index contributed by atoms with van der Waals surface area (Å²) in [6.45, 7) is -0.450. The summed E-state index contributed by atoms with van der Waals surface area (Å²) < 4.78 is 28.9. The Bertz CT molecular complexity index is 942. The van der Waals surface area contributed by atoms with Gasteiger partial charge >= 0.3 is 5.97 Å². The van der Waals surface area contributed by atoms with Crippen molar-refractivity contribution in [3.63, 3.8) is 0 Å². The van der Waals surface area contributed by atoms with Gasteiger partial charge in [-0.3, -0.25) is 4.79 Å². The lowest BCUT2D eigenvalue weighted by molar-refractivity contribution is -0.122. The van der Waals surface area contributed by atoms with E-state index in [-0.39, 0.29) is 11.5 Å². The third-order valence-electron chi connectivity index (χ3n) is 4.53. The summed E-state index contributed by atoms with van der Waals surface area (Å²) in [5.74, 6) is -1.07. The van der Waals surface area contributed by atoms with Crippen molar-refractivity contribution < 1.29 is 22.7 Å². The summed E-state index contributed by atoms with van der Waals surface area (Å²) in [5, 5.41) is 0. The maximum atomic E-state index is 12.8. The van der Waals surface area contributed by atoms with E-state index in [1.54, 1.807) is 48.2 Å². The van der Waals surface area contributed by atoms with Crippen molar-refractivity contribution in [1.29, 1.82) is 0 Å². The lowest BCUT2D eigenvalue weighted by atomic mass is 10.2. The van der Waals surface area contributed by atoms with Crippen molar-refractivity contribution in [3.05, 3.63) is 60.2 Å². The van der Waals surface area contributed by atoms with Gasteiger partial charge in [0.2, 0.25) is 0 Å². The molecule has 0 radical (unpaired) electrons. The van der Waals surface area contributed by atoms with E-state index in [2.05, 4.69) is 0 Å². The number of ether oxygens (including phenoxy) is 1. The fraction of sp³-hybridized carbons (Fsp3) is 0.300. The zero-order valence-electron chi connectivity index (χ0n) is 15.4. The van der Waals surface area contributed by atoms with E-state index in [0.717, 1.165) is 4.90 Å². The monoisotopic (exact) mass is 419 g/mol. The van der Waals surface area contributed by atoms with Crippen LogP contribution in [0.1, 0.15) is 16.8 Å². The van der Waals surface area contributed by atoms with Crippen LogP contribution in [0.3, 0.4) is 0 Å². The minimum atomic E-state index is -3.17. The molecule has 148 valence electrons. The van der Waals surface area contributed by atoms with Crippen LogP contribution in [0.15, 0.2) is 59.5 Å². The summed E-state index contributed by atoms with van der Waals surface area (Å²) in [6.07, 6.45) is 2.31. The fourth-order valence-corrected chi connectivity index (χ4v) is 5.24. The number of hydrogen-bond acceptors (Lipinski definition) is 6. The number of para-hydroxylation sites is 1. The van der Waals surface area contributed by atoms with E-state index in [0.29, 0.717) is 17.7 Å². The maximum absolute atomic E-state index is 12.8. The van der Waals surface area contributed by atoms with Crippen LogP contribution in [-0.2, 0) is 19.4 Å². The molecule has 0 N–H and O–H groups in total. The summed E-state index contributed by atoms with van der Waals surface area (Å²) in [4.78, 5) is 27.5. The Morgan fingerprint density at radius 3 is 2.36 bits per heavy atom. The highest BCUT2D eigenvalue weighted by Crippen LogP contribution is 2.24. The number of nitrogens with zero attached hydrogens (tertiary/aromatic N) is 1. The van der Waals surface area contributed by atoms with Crippen LogP contribution in [0, 0.1) is 0 Å². The third-order valence-corrected chi connectivity index (χ3v) is 7.02. The SMILES string of the molecule is CSc1ccc(C(=O)OCC(=O)N(c2ccccc2)[C@H]2CCS(=O)(=O)C2)cc1. The number of carbonyl (C=O) groups is 2. The van der Waals surface area contributed by atoms with Gasteiger partial charge in [0, 0.05) is 10.6 Å². The number of amides is 1. The van der Waals surface area contributed by atoms with Crippen LogP contribution in [-0.4, -0.2) is 50.7 Å². The predicted octanol–water partition coefficient (Wildman–Crippen LogP) is 2.79. The highest BCUT2D eigenvalue weighted by molar-refractivity contribution is 7.98. The Kier molecular flexibility index (Phi) is 6.41. The smallest absolute Gasteiger partial charge is 0.338 e. The van der Waals surface area contributed by atoms with Crippen molar-refractivity contribution in [1.82, 2.24) is 0 Å². The molecule has 3 rings (SSSR count). The molecule has 0 bridgehead atoms. The van der Waals surface area contributed by atoms with Crippen LogP contribution < -0.4 is 4.90 Å². The van der Waals surface area contributed by atoms with Gasteiger partial charge in [-0.15, -0.1) is 11.8 Å². The zero-order valence-corrected chi connectivity index (χ0v) is 17.0. The van der Waals surface area contributed by atoms with Crippen molar-refractivity contribution in [2.45, 2.75) is 17.4 Å². The first-order chi connectivity index (χ1) is 13.4. The van der Waals surface area contributed by atoms with Gasteiger partial charge in [-0.05, 0) is 49.1 Å². The average molecular weight is 420 g/mol. The van der Waals surface area contributed by atoms with E-state index >= 15 is 0 Å². The second-order valence-corrected chi connectivity index (χ2v) is 9.57. The van der Waals surface area contributed by atoms with Crippen LogP contribution in [0.25, 0.3) is 0 Å². The van der Waals surface area contributed by atoms with Gasteiger partial charge in [-0.25, -0.2) is 13.2 Å². The number of rotatable bonds is 6. The Hall–Kier alpha value is -2.32. The number of anilines is 1. The van der Waals surface area contributed by atoms with Crippen molar-refractivity contribution in [3.8, 4) is 0 Å². The Balaban J connectivity index is 1.71. The number of benzene rings is 2. The molecule has 1 heterocycles. The third kappa shape index (κ3) is 4.94. The Morgan fingerprint density at radius 2 is 1.79 bits per heavy atom. The van der Waals surface area contributed by atoms with E-state index in [1.807, 2.05) is 24.5 Å². The summed E-state index contributed by atoms with van der Waals surface area (Å²) in [6, 6.07) is 15.3. The van der Waals surface area contributed by atoms with Gasteiger partial charge in [-0.2, -0.15) is 0 Å². The first-order valence-electron chi connectivity index (χ1n) is 8.78. The standard InChI is InChI=1S/C20H21NO5S2/c1-27-18-9-7-15(8-10-18)20(23)26-13-19(22)21(16-5-3-2-4-6-16)17-11-12-28(24,25)14-17/h2-10,17H,11-14H2,1H3/t17-/m0/s1. The highest BCUT2D eigenvalue weighted by Gasteiger charge is 2.35. The van der Waals surface area contributed by atoms with Crippen molar-refractivity contribution in [2.24, 2.45) is 0 Å². The number of sulfone groups is 1. The quantitative estimate of drug-likeness (QED) is 0.529. The molecule has 2 aromatic carbocycles. The van der Waals surface area contributed by atoms with E-state index < -0.39 is 34.4 Å². The molecule has 28 heavy (non-hydrogen) atoms. The molecule has 1 aliphatic rings. The lowest BCUT2D eigenvalue weighted by Gasteiger charge is -2.28. The number of carbonyl (C=O) groups excluding carboxylic acids is 2. The molecule has 0 spiro atoms. The number of hydrogen-bond donors (Lipinski definition) is 0. The van der Waals surface area contributed by atoms with E-state index in [9.17, 15) is 18.0 Å². The molecule has 1 amide bonds. The summed E-state index contributed by atoms with van der Waals surface area (Å²) >= 11 is 1.56. The molecule has 1 aliphatic heterocycles. The van der Waals surface area contributed by atoms with Crippen molar-refractivity contribution >= 4 is 39.2 Å². The second kappa shape index (κ2) is 8.79. The lowest BCUT2D eigenvalue weighted by Crippen LogP contribution is -2.43. The van der Waals surface area contributed by atoms with Gasteiger partial charge in [-0.1, -0.05) is 18.2 Å². The van der Waals surface area contributed by atoms with Crippen molar-refractivity contribution in [2.75, 3.05) is 29.3 Å². The van der Waals surface area contributed by atoms with Crippen LogP contribution >= 0.6 is 11.8 Å². The molecule has 0 unspecified atom stereocenters. The Morgan fingerprint density at radius 1 is 1.11 bits per heavy atom. The van der Waals surface area contributed by atoms with E-state index in [4.69, 9.17) is 4.74 Å². The van der Waals surface area contributed by atoms with Crippen LogP contribution in [0.4, 0.5) is 5.69 Å². The van der Waals surface area contributed by atoms with E-state index in [1.165, 1.54) is 4.90 Å².